The maximum Gasteiger partial charge on any atom is 0.320 e. The Balaban J connectivity index is 1.70. The zero-order valence-electron chi connectivity index (χ0n) is 11.3. The number of carbonyl (C=O) groups is 1. The first-order valence-electron chi connectivity index (χ1n) is 6.72. The van der Waals surface area contributed by atoms with Gasteiger partial charge in [-0.15, -0.1) is 0 Å². The summed E-state index contributed by atoms with van der Waals surface area (Å²) in [5.41, 5.74) is 1.63. The Bertz CT molecular complexity index is 584. The van der Waals surface area contributed by atoms with Crippen molar-refractivity contribution >= 4 is 23.1 Å². The first kappa shape index (κ1) is 12.9. The number of piperazine rings is 1. The number of benzene rings is 1. The lowest BCUT2D eigenvalue weighted by atomic mass is 10.2. The van der Waals surface area contributed by atoms with Crippen molar-refractivity contribution < 1.29 is 14.3 Å². The van der Waals surface area contributed by atoms with Gasteiger partial charge in [-0.3, -0.25) is 9.69 Å². The van der Waals surface area contributed by atoms with Gasteiger partial charge < -0.3 is 14.4 Å². The van der Waals surface area contributed by atoms with E-state index in [1.54, 1.807) is 6.92 Å². The van der Waals surface area contributed by atoms with E-state index in [0.29, 0.717) is 19.1 Å². The summed E-state index contributed by atoms with van der Waals surface area (Å²) in [4.78, 5) is 19.5. The minimum absolute atomic E-state index is 0.444. The Morgan fingerprint density at radius 1 is 1.30 bits per heavy atom. The SMILES string of the molecule is CC(C(=O)O)N1CCN(c2nc3ccccc3o2)CC1. The standard InChI is InChI=1S/C14H17N3O3/c1-10(13(18)19)16-6-8-17(9-7-16)14-15-11-4-2-3-5-12(11)20-14/h2-5,10H,6-9H2,1H3,(H,18,19). The number of carboxylic acid groups (broad SMARTS) is 1. The number of aromatic nitrogens is 1. The van der Waals surface area contributed by atoms with Gasteiger partial charge in [0.05, 0.1) is 0 Å². The summed E-state index contributed by atoms with van der Waals surface area (Å²) in [6.07, 6.45) is 0. The van der Waals surface area contributed by atoms with Crippen LogP contribution in [-0.2, 0) is 4.79 Å². The van der Waals surface area contributed by atoms with Crippen LogP contribution in [0.2, 0.25) is 0 Å². The lowest BCUT2D eigenvalue weighted by molar-refractivity contribution is -0.142. The molecule has 0 aliphatic carbocycles. The molecule has 1 aromatic carbocycles. The first-order chi connectivity index (χ1) is 9.65. The van der Waals surface area contributed by atoms with Crippen molar-refractivity contribution in [2.75, 3.05) is 31.1 Å². The molecule has 0 radical (unpaired) electrons. The summed E-state index contributed by atoms with van der Waals surface area (Å²) in [5.74, 6) is -0.777. The predicted octanol–water partition coefficient (Wildman–Crippen LogP) is 1.42. The fourth-order valence-electron chi connectivity index (χ4n) is 2.45. The average molecular weight is 275 g/mol. The van der Waals surface area contributed by atoms with Gasteiger partial charge in [0.1, 0.15) is 11.6 Å². The number of hydrogen-bond acceptors (Lipinski definition) is 5. The van der Waals surface area contributed by atoms with Crippen molar-refractivity contribution in [1.29, 1.82) is 0 Å². The van der Waals surface area contributed by atoms with Crippen molar-refractivity contribution in [3.8, 4) is 0 Å². The number of rotatable bonds is 3. The van der Waals surface area contributed by atoms with Gasteiger partial charge >= 0.3 is 5.97 Å². The monoisotopic (exact) mass is 275 g/mol. The van der Waals surface area contributed by atoms with Crippen LogP contribution in [0.25, 0.3) is 11.1 Å². The smallest absolute Gasteiger partial charge is 0.320 e. The van der Waals surface area contributed by atoms with Gasteiger partial charge in [-0.1, -0.05) is 12.1 Å². The predicted molar refractivity (Wildman–Crippen MR) is 74.9 cm³/mol. The van der Waals surface area contributed by atoms with Crippen molar-refractivity contribution in [2.24, 2.45) is 0 Å². The molecular weight excluding hydrogens is 258 g/mol. The summed E-state index contributed by atoms with van der Waals surface area (Å²) >= 11 is 0. The minimum Gasteiger partial charge on any atom is -0.480 e. The maximum absolute atomic E-state index is 11.0. The molecule has 1 atom stereocenters. The van der Waals surface area contributed by atoms with Crippen LogP contribution in [0.1, 0.15) is 6.92 Å². The number of anilines is 1. The summed E-state index contributed by atoms with van der Waals surface area (Å²) in [6.45, 7) is 4.57. The highest BCUT2D eigenvalue weighted by molar-refractivity contribution is 5.74. The van der Waals surface area contributed by atoms with E-state index in [1.807, 2.05) is 29.2 Å². The van der Waals surface area contributed by atoms with E-state index in [2.05, 4.69) is 9.88 Å². The molecule has 0 amide bonds. The topological polar surface area (TPSA) is 69.8 Å². The molecule has 0 bridgehead atoms. The highest BCUT2D eigenvalue weighted by Crippen LogP contribution is 2.22. The zero-order valence-corrected chi connectivity index (χ0v) is 11.3. The minimum atomic E-state index is -0.777. The van der Waals surface area contributed by atoms with E-state index in [-0.39, 0.29) is 0 Å². The second-order valence-corrected chi connectivity index (χ2v) is 5.00. The molecule has 2 heterocycles. The van der Waals surface area contributed by atoms with E-state index in [4.69, 9.17) is 9.52 Å². The number of para-hydroxylation sites is 2. The van der Waals surface area contributed by atoms with Gasteiger partial charge in [0.2, 0.25) is 0 Å². The molecule has 1 unspecified atom stereocenters. The van der Waals surface area contributed by atoms with Crippen LogP contribution >= 0.6 is 0 Å². The largest absolute Gasteiger partial charge is 0.480 e. The molecule has 1 aromatic heterocycles. The maximum atomic E-state index is 11.0. The molecule has 0 saturated carbocycles. The summed E-state index contributed by atoms with van der Waals surface area (Å²) in [6, 6.07) is 7.85. The highest BCUT2D eigenvalue weighted by atomic mass is 16.4. The molecule has 1 N–H and O–H groups in total. The third kappa shape index (κ3) is 2.34. The number of hydrogen-bond donors (Lipinski definition) is 1. The van der Waals surface area contributed by atoms with Crippen LogP contribution in [0.5, 0.6) is 0 Å². The van der Waals surface area contributed by atoms with E-state index >= 15 is 0 Å². The second kappa shape index (κ2) is 5.13. The van der Waals surface area contributed by atoms with Crippen LogP contribution in [0.4, 0.5) is 6.01 Å². The summed E-state index contributed by atoms with van der Waals surface area (Å²) in [7, 11) is 0. The summed E-state index contributed by atoms with van der Waals surface area (Å²) < 4.78 is 5.73. The van der Waals surface area contributed by atoms with Crippen molar-refractivity contribution in [2.45, 2.75) is 13.0 Å². The van der Waals surface area contributed by atoms with E-state index in [9.17, 15) is 4.79 Å². The molecule has 1 aliphatic rings. The van der Waals surface area contributed by atoms with Crippen molar-refractivity contribution in [3.63, 3.8) is 0 Å². The third-order valence-electron chi connectivity index (χ3n) is 3.77. The fourth-order valence-corrected chi connectivity index (χ4v) is 2.45. The van der Waals surface area contributed by atoms with Gasteiger partial charge in [0.25, 0.3) is 6.01 Å². The van der Waals surface area contributed by atoms with Gasteiger partial charge in [-0.05, 0) is 19.1 Å². The van der Waals surface area contributed by atoms with E-state index in [0.717, 1.165) is 24.2 Å². The van der Waals surface area contributed by atoms with Crippen LogP contribution in [0.3, 0.4) is 0 Å². The average Bonchev–Trinajstić information content (AvgIpc) is 2.90. The summed E-state index contributed by atoms with van der Waals surface area (Å²) in [5, 5.41) is 9.03. The van der Waals surface area contributed by atoms with Gasteiger partial charge in [-0.2, -0.15) is 4.98 Å². The van der Waals surface area contributed by atoms with Crippen LogP contribution < -0.4 is 4.90 Å². The Labute approximate surface area is 116 Å². The second-order valence-electron chi connectivity index (χ2n) is 5.00. The van der Waals surface area contributed by atoms with E-state index < -0.39 is 12.0 Å². The molecule has 0 spiro atoms. The normalized spacial score (nSPS) is 18.4. The Hall–Kier alpha value is -2.08. The Morgan fingerprint density at radius 2 is 2.00 bits per heavy atom. The van der Waals surface area contributed by atoms with E-state index in [1.165, 1.54) is 0 Å². The van der Waals surface area contributed by atoms with Crippen LogP contribution in [0.15, 0.2) is 28.7 Å². The Morgan fingerprint density at radius 3 is 2.65 bits per heavy atom. The van der Waals surface area contributed by atoms with Gasteiger partial charge in [0, 0.05) is 26.2 Å². The highest BCUT2D eigenvalue weighted by Gasteiger charge is 2.26. The lowest BCUT2D eigenvalue weighted by Crippen LogP contribution is -2.51. The number of aliphatic carboxylic acids is 1. The molecule has 106 valence electrons. The van der Waals surface area contributed by atoms with Crippen LogP contribution in [0, 0.1) is 0 Å². The molecule has 2 aromatic rings. The third-order valence-corrected chi connectivity index (χ3v) is 3.77. The van der Waals surface area contributed by atoms with Gasteiger partial charge in [-0.25, -0.2) is 0 Å². The number of nitrogens with zero attached hydrogens (tertiary/aromatic N) is 3. The van der Waals surface area contributed by atoms with Gasteiger partial charge in [0.15, 0.2) is 5.58 Å². The number of fused-ring (bicyclic) bond motifs is 1. The number of carboxylic acids is 1. The fraction of sp³-hybridized carbons (Fsp3) is 0.429. The zero-order chi connectivity index (χ0) is 14.1. The molecule has 6 nitrogen and oxygen atoms in total. The molecule has 1 saturated heterocycles. The van der Waals surface area contributed by atoms with Crippen molar-refractivity contribution in [3.05, 3.63) is 24.3 Å². The molecule has 6 heteroatoms. The van der Waals surface area contributed by atoms with Crippen molar-refractivity contribution in [1.82, 2.24) is 9.88 Å². The molecule has 1 fully saturated rings. The molecular formula is C14H17N3O3. The quantitative estimate of drug-likeness (QED) is 0.913. The molecule has 3 rings (SSSR count). The number of oxazole rings is 1. The Kier molecular flexibility index (Phi) is 3.31. The van der Waals surface area contributed by atoms with Crippen LogP contribution in [-0.4, -0.2) is 53.2 Å². The molecule has 1 aliphatic heterocycles. The first-order valence-corrected chi connectivity index (χ1v) is 6.72. The molecule has 20 heavy (non-hydrogen) atoms. The lowest BCUT2D eigenvalue weighted by Gasteiger charge is -2.35.